The van der Waals surface area contributed by atoms with Crippen LogP contribution in [0.3, 0.4) is 0 Å². The van der Waals surface area contributed by atoms with Gasteiger partial charge in [-0.1, -0.05) is 0 Å². The smallest absolute Gasteiger partial charge is 0.0481 e. The van der Waals surface area contributed by atoms with Crippen molar-refractivity contribution in [3.05, 3.63) is 0 Å². The Balaban J connectivity index is 1.94. The Morgan fingerprint density at radius 2 is 1.33 bits per heavy atom. The van der Waals surface area contributed by atoms with Crippen LogP contribution in [0.4, 0.5) is 0 Å². The first kappa shape index (κ1) is 8.44. The van der Waals surface area contributed by atoms with Gasteiger partial charge in [0.1, 0.15) is 0 Å². The molecule has 0 saturated carbocycles. The lowest BCUT2D eigenvalue weighted by atomic mass is 10.0. The molecule has 0 radical (unpaired) electrons. The van der Waals surface area contributed by atoms with Gasteiger partial charge in [-0.15, -0.1) is 0 Å². The predicted octanol–water partition coefficient (Wildman–Crippen LogP) is -1.29. The van der Waals surface area contributed by atoms with Crippen LogP contribution in [0.5, 0.6) is 0 Å². The lowest BCUT2D eigenvalue weighted by molar-refractivity contribution is 0.0967. The molecule has 0 unspecified atom stereocenters. The van der Waals surface area contributed by atoms with Gasteiger partial charge in [0, 0.05) is 38.5 Å². The molecule has 70 valence electrons. The molecule has 0 aromatic carbocycles. The molecular weight excluding hydrogens is 152 g/mol. The molecule has 0 amide bonds. The second-order valence-electron chi connectivity index (χ2n) is 4.01. The van der Waals surface area contributed by atoms with Crippen LogP contribution in [0.1, 0.15) is 0 Å². The second kappa shape index (κ2) is 3.30. The molecule has 2 N–H and O–H groups in total. The van der Waals surface area contributed by atoms with Crippen molar-refractivity contribution in [2.24, 2.45) is 0 Å². The Morgan fingerprint density at radius 3 is 1.75 bits per heavy atom. The lowest BCUT2D eigenvalue weighted by Gasteiger charge is -2.44. The van der Waals surface area contributed by atoms with Crippen LogP contribution in [0.25, 0.3) is 0 Å². The average Bonchev–Trinajstić information content (AvgIpc) is 2.05. The van der Waals surface area contributed by atoms with Crippen molar-refractivity contribution in [2.75, 3.05) is 40.5 Å². The summed E-state index contributed by atoms with van der Waals surface area (Å²) in [5.74, 6) is 0. The van der Waals surface area contributed by atoms with Crippen molar-refractivity contribution in [2.45, 2.75) is 12.1 Å². The molecular formula is C8H18N4. The van der Waals surface area contributed by atoms with Crippen molar-refractivity contribution in [3.63, 3.8) is 0 Å². The summed E-state index contributed by atoms with van der Waals surface area (Å²) >= 11 is 0. The van der Waals surface area contributed by atoms with Gasteiger partial charge in [-0.05, 0) is 14.1 Å². The fourth-order valence-corrected chi connectivity index (χ4v) is 2.01. The highest BCUT2D eigenvalue weighted by atomic mass is 15.3. The van der Waals surface area contributed by atoms with E-state index < -0.39 is 0 Å². The van der Waals surface area contributed by atoms with E-state index in [2.05, 4.69) is 34.5 Å². The van der Waals surface area contributed by atoms with Gasteiger partial charge in [0.25, 0.3) is 0 Å². The SMILES string of the molecule is CN1CN[C@H]2CN(C)CN[C@H]2C1. The Kier molecular flexibility index (Phi) is 2.32. The first-order valence-corrected chi connectivity index (χ1v) is 4.59. The molecule has 0 aromatic heterocycles. The van der Waals surface area contributed by atoms with Gasteiger partial charge in [-0.2, -0.15) is 0 Å². The zero-order chi connectivity index (χ0) is 8.55. The lowest BCUT2D eigenvalue weighted by Crippen LogP contribution is -2.67. The summed E-state index contributed by atoms with van der Waals surface area (Å²) in [7, 11) is 4.31. The van der Waals surface area contributed by atoms with Crippen LogP contribution < -0.4 is 10.6 Å². The molecule has 0 aromatic rings. The highest BCUT2D eigenvalue weighted by Crippen LogP contribution is 2.07. The van der Waals surface area contributed by atoms with E-state index in [0.29, 0.717) is 12.1 Å². The van der Waals surface area contributed by atoms with Crippen LogP contribution >= 0.6 is 0 Å². The predicted molar refractivity (Wildman–Crippen MR) is 48.8 cm³/mol. The van der Waals surface area contributed by atoms with Crippen molar-refractivity contribution in [1.29, 1.82) is 0 Å². The van der Waals surface area contributed by atoms with Gasteiger partial charge >= 0.3 is 0 Å². The third-order valence-electron chi connectivity index (χ3n) is 2.75. The largest absolute Gasteiger partial charge is 0.299 e. The number of nitrogens with one attached hydrogen (secondary N) is 2. The maximum atomic E-state index is 3.52. The van der Waals surface area contributed by atoms with E-state index in [1.165, 1.54) is 13.1 Å². The van der Waals surface area contributed by atoms with Crippen LogP contribution in [0.2, 0.25) is 0 Å². The van der Waals surface area contributed by atoms with Crippen LogP contribution in [0.15, 0.2) is 0 Å². The maximum Gasteiger partial charge on any atom is 0.0481 e. The Bertz CT molecular complexity index is 143. The van der Waals surface area contributed by atoms with E-state index in [-0.39, 0.29) is 0 Å². The molecule has 4 heteroatoms. The average molecular weight is 170 g/mol. The summed E-state index contributed by atoms with van der Waals surface area (Å²) < 4.78 is 0. The highest BCUT2D eigenvalue weighted by molar-refractivity contribution is 4.92. The van der Waals surface area contributed by atoms with Crippen molar-refractivity contribution in [3.8, 4) is 0 Å². The molecule has 0 aliphatic carbocycles. The van der Waals surface area contributed by atoms with Crippen molar-refractivity contribution < 1.29 is 0 Å². The van der Waals surface area contributed by atoms with E-state index in [1.807, 2.05) is 0 Å². The van der Waals surface area contributed by atoms with Crippen LogP contribution in [0, 0.1) is 0 Å². The molecule has 12 heavy (non-hydrogen) atoms. The van der Waals surface area contributed by atoms with Gasteiger partial charge < -0.3 is 0 Å². The summed E-state index contributed by atoms with van der Waals surface area (Å²) in [5, 5.41) is 7.05. The summed E-state index contributed by atoms with van der Waals surface area (Å²) in [6, 6.07) is 1.28. The Morgan fingerprint density at radius 1 is 0.917 bits per heavy atom. The van der Waals surface area contributed by atoms with Crippen LogP contribution in [-0.2, 0) is 0 Å². The monoisotopic (exact) mass is 170 g/mol. The summed E-state index contributed by atoms with van der Waals surface area (Å²) in [4.78, 5) is 4.64. The molecule has 2 aliphatic rings. The molecule has 0 bridgehead atoms. The number of likely N-dealkylation sites (N-methyl/N-ethyl adjacent to an activating group) is 2. The minimum atomic E-state index is 0.639. The number of hydrogen-bond donors (Lipinski definition) is 2. The fraction of sp³-hybridized carbons (Fsp3) is 1.00. The van der Waals surface area contributed by atoms with Gasteiger partial charge in [-0.25, -0.2) is 0 Å². The topological polar surface area (TPSA) is 30.5 Å². The number of rotatable bonds is 0. The minimum Gasteiger partial charge on any atom is -0.299 e. The van der Waals surface area contributed by atoms with Crippen molar-refractivity contribution >= 4 is 0 Å². The fourth-order valence-electron chi connectivity index (χ4n) is 2.01. The molecule has 2 fully saturated rings. The van der Waals surface area contributed by atoms with Gasteiger partial charge in [-0.3, -0.25) is 20.4 Å². The molecule has 2 heterocycles. The third-order valence-corrected chi connectivity index (χ3v) is 2.75. The molecule has 2 atom stereocenters. The van der Waals surface area contributed by atoms with Gasteiger partial charge in [0.2, 0.25) is 0 Å². The Labute approximate surface area is 73.9 Å². The molecule has 2 aliphatic heterocycles. The molecule has 0 spiro atoms. The number of nitrogens with zero attached hydrogens (tertiary/aromatic N) is 2. The van der Waals surface area contributed by atoms with E-state index in [9.17, 15) is 0 Å². The third kappa shape index (κ3) is 1.61. The number of hydrogen-bond acceptors (Lipinski definition) is 4. The van der Waals surface area contributed by atoms with Crippen LogP contribution in [-0.4, -0.2) is 62.4 Å². The minimum absolute atomic E-state index is 0.639. The van der Waals surface area contributed by atoms with E-state index in [1.54, 1.807) is 0 Å². The zero-order valence-corrected chi connectivity index (χ0v) is 7.88. The maximum absolute atomic E-state index is 3.52. The molecule has 2 rings (SSSR count). The number of fused-ring (bicyclic) bond motifs is 1. The molecule has 2 saturated heterocycles. The second-order valence-corrected chi connectivity index (χ2v) is 4.01. The van der Waals surface area contributed by atoms with Gasteiger partial charge in [0.15, 0.2) is 0 Å². The quantitative estimate of drug-likeness (QED) is 0.473. The van der Waals surface area contributed by atoms with E-state index >= 15 is 0 Å². The van der Waals surface area contributed by atoms with Gasteiger partial charge in [0.05, 0.1) is 0 Å². The first-order valence-electron chi connectivity index (χ1n) is 4.59. The summed E-state index contributed by atoms with van der Waals surface area (Å²) in [6.45, 7) is 4.39. The molecule has 4 nitrogen and oxygen atoms in total. The highest BCUT2D eigenvalue weighted by Gasteiger charge is 2.30. The standard InChI is InChI=1S/C8H18N4/c1-11-3-7-8(9-5-11)4-12(2)6-10-7/h7-10H,3-6H2,1-2H3/t7-,8-/m0/s1. The van der Waals surface area contributed by atoms with Crippen molar-refractivity contribution in [1.82, 2.24) is 20.4 Å². The van der Waals surface area contributed by atoms with E-state index in [4.69, 9.17) is 0 Å². The zero-order valence-electron chi connectivity index (χ0n) is 7.88. The Hall–Kier alpha value is -0.160. The first-order chi connectivity index (χ1) is 5.75. The summed E-state index contributed by atoms with van der Waals surface area (Å²) in [5.41, 5.74) is 0. The summed E-state index contributed by atoms with van der Waals surface area (Å²) in [6.07, 6.45) is 0. The van der Waals surface area contributed by atoms with E-state index in [0.717, 1.165) is 13.3 Å². The normalized spacial score (nSPS) is 39.5.